The molecule has 1 spiro atoms. The zero-order valence-corrected chi connectivity index (χ0v) is 23.5. The third-order valence-corrected chi connectivity index (χ3v) is 9.65. The maximum atomic E-state index is 13.7. The topological polar surface area (TPSA) is 129 Å². The van der Waals surface area contributed by atoms with E-state index in [9.17, 15) is 13.2 Å². The van der Waals surface area contributed by atoms with E-state index in [-0.39, 0.29) is 11.7 Å². The molecule has 2 saturated heterocycles. The first-order valence-corrected chi connectivity index (χ1v) is 15.5. The minimum absolute atomic E-state index is 0.314. The number of nitrogens with one attached hydrogen (secondary N) is 2. The SMILES string of the molecule is Cn1ccc2cc(C(=O)Nc3ccc(NS(=O)(=O)CCO)cc3N3CCC4(CC3)CC4)nc(N3CCOCC3)c21. The van der Waals surface area contributed by atoms with Gasteiger partial charge in [-0.3, -0.25) is 9.52 Å². The number of morpholine rings is 1. The number of aliphatic hydroxyl groups is 1. The Labute approximate surface area is 234 Å². The number of carbonyl (C=O) groups is 1. The van der Waals surface area contributed by atoms with E-state index in [1.807, 2.05) is 29.9 Å². The number of anilines is 4. The Bertz CT molecular complexity index is 1520. The van der Waals surface area contributed by atoms with Crippen molar-refractivity contribution in [2.45, 2.75) is 25.7 Å². The molecule has 214 valence electrons. The van der Waals surface area contributed by atoms with Crippen LogP contribution in [-0.2, 0) is 21.8 Å². The molecule has 11 nitrogen and oxygen atoms in total. The first-order valence-electron chi connectivity index (χ1n) is 13.9. The highest BCUT2D eigenvalue weighted by Gasteiger charge is 2.44. The Hall–Kier alpha value is -3.35. The zero-order valence-electron chi connectivity index (χ0n) is 22.7. The van der Waals surface area contributed by atoms with E-state index >= 15 is 0 Å². The number of fused-ring (bicyclic) bond motifs is 1. The molecule has 40 heavy (non-hydrogen) atoms. The summed E-state index contributed by atoms with van der Waals surface area (Å²) in [5.74, 6) is 0.0514. The maximum absolute atomic E-state index is 13.7. The molecule has 2 aromatic heterocycles. The van der Waals surface area contributed by atoms with Crippen LogP contribution in [-0.4, -0.2) is 80.7 Å². The van der Waals surface area contributed by atoms with Gasteiger partial charge >= 0.3 is 0 Å². The largest absolute Gasteiger partial charge is 0.395 e. The molecule has 0 bridgehead atoms. The van der Waals surface area contributed by atoms with Crippen LogP contribution < -0.4 is 19.8 Å². The fourth-order valence-corrected chi connectivity index (χ4v) is 6.64. The zero-order chi connectivity index (χ0) is 27.9. The number of pyridine rings is 1. The molecule has 1 amide bonds. The molecule has 0 atom stereocenters. The number of ether oxygens (including phenoxy) is 1. The van der Waals surface area contributed by atoms with E-state index in [1.165, 1.54) is 12.8 Å². The second-order valence-electron chi connectivity index (χ2n) is 11.1. The molecule has 0 radical (unpaired) electrons. The molecule has 3 fully saturated rings. The summed E-state index contributed by atoms with van der Waals surface area (Å²) >= 11 is 0. The monoisotopic (exact) mass is 568 g/mol. The van der Waals surface area contributed by atoms with E-state index in [0.29, 0.717) is 48.8 Å². The van der Waals surface area contributed by atoms with E-state index in [0.717, 1.165) is 48.3 Å². The van der Waals surface area contributed by atoms with E-state index < -0.39 is 16.6 Å². The molecule has 2 aliphatic heterocycles. The van der Waals surface area contributed by atoms with Gasteiger partial charge in [0.2, 0.25) is 10.0 Å². The number of aryl methyl sites for hydroxylation is 1. The fourth-order valence-electron chi connectivity index (χ4n) is 5.81. The van der Waals surface area contributed by atoms with Gasteiger partial charge in [0.15, 0.2) is 5.82 Å². The number of sulfonamides is 1. The average Bonchev–Trinajstić information content (AvgIpc) is 3.60. The van der Waals surface area contributed by atoms with Gasteiger partial charge in [-0.1, -0.05) is 0 Å². The van der Waals surface area contributed by atoms with Crippen LogP contribution in [0.3, 0.4) is 0 Å². The molecule has 4 heterocycles. The second kappa shape index (κ2) is 10.6. The number of nitrogens with zero attached hydrogens (tertiary/aromatic N) is 4. The number of benzene rings is 1. The maximum Gasteiger partial charge on any atom is 0.274 e. The highest BCUT2D eigenvalue weighted by atomic mass is 32.2. The summed E-state index contributed by atoms with van der Waals surface area (Å²) in [4.78, 5) is 22.9. The normalized spacial score (nSPS) is 18.8. The van der Waals surface area contributed by atoms with Crippen LogP contribution in [0.5, 0.6) is 0 Å². The van der Waals surface area contributed by atoms with E-state index in [2.05, 4.69) is 19.8 Å². The molecule has 6 rings (SSSR count). The summed E-state index contributed by atoms with van der Waals surface area (Å²) in [6, 6.07) is 8.92. The minimum Gasteiger partial charge on any atom is -0.395 e. The van der Waals surface area contributed by atoms with Gasteiger partial charge in [-0.2, -0.15) is 0 Å². The molecule has 3 aromatic rings. The summed E-state index contributed by atoms with van der Waals surface area (Å²) in [6.07, 6.45) is 6.66. The first kappa shape index (κ1) is 26.9. The standard InChI is InChI=1S/C28H36N6O5S/c1-32-9-4-20-18-23(29-26(25(20)32)34-12-15-39-16-13-34)27(36)30-22-3-2-21(31-40(37,38)17-14-35)19-24(22)33-10-7-28(5-6-28)8-11-33/h2-4,9,18-19,31,35H,5-8,10-17H2,1H3,(H,30,36). The number of rotatable bonds is 8. The van der Waals surface area contributed by atoms with Crippen LogP contribution in [0.15, 0.2) is 36.5 Å². The predicted molar refractivity (Wildman–Crippen MR) is 156 cm³/mol. The summed E-state index contributed by atoms with van der Waals surface area (Å²) in [5.41, 5.74) is 3.51. The van der Waals surface area contributed by atoms with E-state index in [4.69, 9.17) is 14.8 Å². The lowest BCUT2D eigenvalue weighted by Gasteiger charge is -2.35. The highest BCUT2D eigenvalue weighted by Crippen LogP contribution is 2.54. The van der Waals surface area contributed by atoms with Crippen molar-refractivity contribution in [3.8, 4) is 0 Å². The molecule has 12 heteroatoms. The van der Waals surface area contributed by atoms with Crippen LogP contribution in [0.1, 0.15) is 36.2 Å². The van der Waals surface area contributed by atoms with Crippen molar-refractivity contribution in [3.63, 3.8) is 0 Å². The van der Waals surface area contributed by atoms with Gasteiger partial charge in [-0.05, 0) is 61.4 Å². The average molecular weight is 569 g/mol. The van der Waals surface area contributed by atoms with Crippen LogP contribution in [0.2, 0.25) is 0 Å². The van der Waals surface area contributed by atoms with Crippen molar-refractivity contribution in [1.29, 1.82) is 0 Å². The van der Waals surface area contributed by atoms with Crippen molar-refractivity contribution < 1.29 is 23.1 Å². The fraction of sp³-hybridized carbons (Fsp3) is 0.500. The second-order valence-corrected chi connectivity index (χ2v) is 13.0. The predicted octanol–water partition coefficient (Wildman–Crippen LogP) is 2.78. The van der Waals surface area contributed by atoms with Crippen LogP contribution in [0.25, 0.3) is 10.9 Å². The molecule has 3 aliphatic rings. The third-order valence-electron chi connectivity index (χ3n) is 8.38. The number of hydrogen-bond acceptors (Lipinski definition) is 8. The van der Waals surface area contributed by atoms with Crippen molar-refractivity contribution in [1.82, 2.24) is 9.55 Å². The van der Waals surface area contributed by atoms with Crippen LogP contribution in [0, 0.1) is 5.41 Å². The van der Waals surface area contributed by atoms with Gasteiger partial charge in [0.1, 0.15) is 5.69 Å². The van der Waals surface area contributed by atoms with Crippen LogP contribution in [0.4, 0.5) is 22.9 Å². The molecule has 1 saturated carbocycles. The number of amides is 1. The van der Waals surface area contributed by atoms with Crippen molar-refractivity contribution in [2.24, 2.45) is 12.5 Å². The van der Waals surface area contributed by atoms with Gasteiger partial charge < -0.3 is 29.5 Å². The van der Waals surface area contributed by atoms with Gasteiger partial charge in [0, 0.05) is 44.8 Å². The Kier molecular flexibility index (Phi) is 7.09. The number of piperidine rings is 1. The first-order chi connectivity index (χ1) is 19.3. The number of aliphatic hydroxyl groups excluding tert-OH is 1. The highest BCUT2D eigenvalue weighted by molar-refractivity contribution is 7.92. The smallest absolute Gasteiger partial charge is 0.274 e. The summed E-state index contributed by atoms with van der Waals surface area (Å²) < 4.78 is 34.7. The Balaban J connectivity index is 1.31. The minimum atomic E-state index is -3.69. The molecule has 3 N–H and O–H groups in total. The van der Waals surface area contributed by atoms with Crippen molar-refractivity contribution >= 4 is 49.7 Å². The van der Waals surface area contributed by atoms with Crippen molar-refractivity contribution in [3.05, 3.63) is 42.2 Å². The van der Waals surface area contributed by atoms with Crippen molar-refractivity contribution in [2.75, 3.05) is 71.6 Å². The molecular weight excluding hydrogens is 532 g/mol. The van der Waals surface area contributed by atoms with Gasteiger partial charge in [0.05, 0.1) is 48.2 Å². The van der Waals surface area contributed by atoms with Crippen LogP contribution >= 0.6 is 0 Å². The molecule has 1 aliphatic carbocycles. The van der Waals surface area contributed by atoms with E-state index in [1.54, 1.807) is 18.2 Å². The summed E-state index contributed by atoms with van der Waals surface area (Å²) in [7, 11) is -1.71. The van der Waals surface area contributed by atoms with Gasteiger partial charge in [0.25, 0.3) is 5.91 Å². The molecule has 1 aromatic carbocycles. The Morgan fingerprint density at radius 3 is 2.50 bits per heavy atom. The number of aromatic nitrogens is 2. The summed E-state index contributed by atoms with van der Waals surface area (Å²) in [5, 5.41) is 13.1. The van der Waals surface area contributed by atoms with Gasteiger partial charge in [-0.25, -0.2) is 13.4 Å². The summed E-state index contributed by atoms with van der Waals surface area (Å²) in [6.45, 7) is 3.84. The molecular formula is C28H36N6O5S. The Morgan fingerprint density at radius 1 is 1.05 bits per heavy atom. The Morgan fingerprint density at radius 2 is 1.80 bits per heavy atom. The lowest BCUT2D eigenvalue weighted by Crippen LogP contribution is -2.37. The van der Waals surface area contributed by atoms with Gasteiger partial charge in [-0.15, -0.1) is 0 Å². The number of hydrogen-bond donors (Lipinski definition) is 3. The third kappa shape index (κ3) is 5.48. The lowest BCUT2D eigenvalue weighted by molar-refractivity contribution is 0.102. The lowest BCUT2D eigenvalue weighted by atomic mass is 9.93. The quantitative estimate of drug-likeness (QED) is 0.379. The number of carbonyl (C=O) groups excluding carboxylic acids is 1. The molecule has 0 unspecified atom stereocenters.